The van der Waals surface area contributed by atoms with Gasteiger partial charge in [-0.2, -0.15) is 4.98 Å². The van der Waals surface area contributed by atoms with Gasteiger partial charge in [0.25, 0.3) is 0 Å². The summed E-state index contributed by atoms with van der Waals surface area (Å²) in [6.45, 7) is 4.24. The summed E-state index contributed by atoms with van der Waals surface area (Å²) >= 11 is 0. The van der Waals surface area contributed by atoms with Crippen molar-refractivity contribution in [2.24, 2.45) is 5.73 Å². The van der Waals surface area contributed by atoms with Gasteiger partial charge in [0, 0.05) is 11.6 Å². The summed E-state index contributed by atoms with van der Waals surface area (Å²) in [5.41, 5.74) is 8.54. The quantitative estimate of drug-likeness (QED) is 0.783. The first-order chi connectivity index (χ1) is 10.1. The molecule has 108 valence electrons. The number of hydrogen-bond donors (Lipinski definition) is 1. The van der Waals surface area contributed by atoms with E-state index in [2.05, 4.69) is 20.5 Å². The van der Waals surface area contributed by atoms with Gasteiger partial charge in [0.05, 0.1) is 11.9 Å². The third-order valence-electron chi connectivity index (χ3n) is 3.17. The number of nitrogens with two attached hydrogens (primary N) is 1. The molecular formula is C14H16N6O. The molecule has 1 aromatic carbocycles. The third-order valence-corrected chi connectivity index (χ3v) is 3.17. The Hall–Kier alpha value is -2.54. The Morgan fingerprint density at radius 3 is 2.86 bits per heavy atom. The highest BCUT2D eigenvalue weighted by molar-refractivity contribution is 5.58. The smallest absolute Gasteiger partial charge is 0.248 e. The predicted octanol–water partition coefficient (Wildman–Crippen LogP) is 1.70. The van der Waals surface area contributed by atoms with Gasteiger partial charge in [-0.15, -0.1) is 5.10 Å². The molecule has 1 unspecified atom stereocenters. The summed E-state index contributed by atoms with van der Waals surface area (Å²) < 4.78 is 6.90. The van der Waals surface area contributed by atoms with Crippen LogP contribution in [0.2, 0.25) is 0 Å². The van der Waals surface area contributed by atoms with E-state index < -0.39 is 0 Å². The second kappa shape index (κ2) is 5.45. The molecule has 0 fully saturated rings. The van der Waals surface area contributed by atoms with Crippen LogP contribution in [0.4, 0.5) is 0 Å². The van der Waals surface area contributed by atoms with Crippen molar-refractivity contribution in [1.82, 2.24) is 25.1 Å². The monoisotopic (exact) mass is 284 g/mol. The van der Waals surface area contributed by atoms with Gasteiger partial charge < -0.3 is 10.3 Å². The molecule has 0 aliphatic rings. The lowest BCUT2D eigenvalue weighted by Gasteiger charge is -1.98. The minimum atomic E-state index is -0.149. The summed E-state index contributed by atoms with van der Waals surface area (Å²) in [5.74, 6) is 1.06. The van der Waals surface area contributed by atoms with Crippen LogP contribution in [0.15, 0.2) is 35.0 Å². The van der Waals surface area contributed by atoms with Crippen LogP contribution in [-0.4, -0.2) is 25.1 Å². The SMILES string of the molecule is Cc1ccccc1-c1noc(Cn2cc(C(C)N)nn2)n1. The molecule has 0 bridgehead atoms. The lowest BCUT2D eigenvalue weighted by molar-refractivity contribution is 0.364. The lowest BCUT2D eigenvalue weighted by atomic mass is 10.1. The van der Waals surface area contributed by atoms with E-state index in [1.54, 1.807) is 10.9 Å². The largest absolute Gasteiger partial charge is 0.337 e. The molecule has 0 radical (unpaired) electrons. The standard InChI is InChI=1S/C14H16N6O/c1-9-5-3-4-6-11(9)14-16-13(21-18-14)8-20-7-12(10(2)15)17-19-20/h3-7,10H,8,15H2,1-2H3. The van der Waals surface area contributed by atoms with E-state index in [0.717, 1.165) is 16.8 Å². The normalized spacial score (nSPS) is 12.5. The maximum absolute atomic E-state index is 5.75. The highest BCUT2D eigenvalue weighted by Crippen LogP contribution is 2.19. The molecule has 0 spiro atoms. The third kappa shape index (κ3) is 2.82. The van der Waals surface area contributed by atoms with E-state index in [1.165, 1.54) is 0 Å². The zero-order chi connectivity index (χ0) is 14.8. The zero-order valence-corrected chi connectivity index (χ0v) is 11.9. The molecule has 0 saturated heterocycles. The van der Waals surface area contributed by atoms with Crippen LogP contribution in [-0.2, 0) is 6.54 Å². The fourth-order valence-electron chi connectivity index (χ4n) is 1.99. The second-order valence-corrected chi connectivity index (χ2v) is 4.96. The molecule has 0 aliphatic heterocycles. The number of aromatic nitrogens is 5. The predicted molar refractivity (Wildman–Crippen MR) is 76.2 cm³/mol. The van der Waals surface area contributed by atoms with Crippen molar-refractivity contribution in [3.63, 3.8) is 0 Å². The van der Waals surface area contributed by atoms with E-state index in [1.807, 2.05) is 38.1 Å². The van der Waals surface area contributed by atoms with Crippen molar-refractivity contribution in [2.45, 2.75) is 26.4 Å². The maximum Gasteiger partial charge on any atom is 0.248 e. The Labute approximate surface area is 121 Å². The van der Waals surface area contributed by atoms with Gasteiger partial charge >= 0.3 is 0 Å². The summed E-state index contributed by atoms with van der Waals surface area (Å²) in [4.78, 5) is 4.39. The fourth-order valence-corrected chi connectivity index (χ4v) is 1.99. The van der Waals surface area contributed by atoms with Crippen LogP contribution < -0.4 is 5.73 Å². The van der Waals surface area contributed by atoms with Gasteiger partial charge in [0.15, 0.2) is 0 Å². The first-order valence-electron chi connectivity index (χ1n) is 6.67. The molecule has 2 N–H and O–H groups in total. The molecular weight excluding hydrogens is 268 g/mol. The van der Waals surface area contributed by atoms with Gasteiger partial charge in [0.1, 0.15) is 6.54 Å². The summed E-state index contributed by atoms with van der Waals surface area (Å²) in [6.07, 6.45) is 1.78. The van der Waals surface area contributed by atoms with Gasteiger partial charge in [-0.3, -0.25) is 0 Å². The van der Waals surface area contributed by atoms with Gasteiger partial charge in [-0.25, -0.2) is 4.68 Å². The molecule has 3 rings (SSSR count). The Bertz CT molecular complexity index is 745. The Kier molecular flexibility index (Phi) is 3.49. The van der Waals surface area contributed by atoms with E-state index in [9.17, 15) is 0 Å². The summed E-state index contributed by atoms with van der Waals surface area (Å²) in [5, 5.41) is 12.0. The highest BCUT2D eigenvalue weighted by Gasteiger charge is 2.12. The first kappa shape index (κ1) is 13.4. The molecule has 21 heavy (non-hydrogen) atoms. The van der Waals surface area contributed by atoms with E-state index in [-0.39, 0.29) is 6.04 Å². The minimum Gasteiger partial charge on any atom is -0.337 e. The van der Waals surface area contributed by atoms with E-state index in [0.29, 0.717) is 18.3 Å². The van der Waals surface area contributed by atoms with Crippen molar-refractivity contribution < 1.29 is 4.52 Å². The van der Waals surface area contributed by atoms with Gasteiger partial charge in [-0.05, 0) is 19.4 Å². The van der Waals surface area contributed by atoms with Crippen molar-refractivity contribution in [3.8, 4) is 11.4 Å². The zero-order valence-electron chi connectivity index (χ0n) is 11.9. The van der Waals surface area contributed by atoms with Crippen LogP contribution in [0.5, 0.6) is 0 Å². The van der Waals surface area contributed by atoms with Crippen molar-refractivity contribution in [3.05, 3.63) is 47.6 Å². The number of benzene rings is 1. The summed E-state index contributed by atoms with van der Waals surface area (Å²) in [7, 11) is 0. The number of nitrogens with zero attached hydrogens (tertiary/aromatic N) is 5. The Morgan fingerprint density at radius 1 is 1.33 bits per heavy atom. The average molecular weight is 284 g/mol. The highest BCUT2D eigenvalue weighted by atomic mass is 16.5. The number of aryl methyl sites for hydroxylation is 1. The van der Waals surface area contributed by atoms with Crippen molar-refractivity contribution in [2.75, 3.05) is 0 Å². The lowest BCUT2D eigenvalue weighted by Crippen LogP contribution is -2.05. The molecule has 0 amide bonds. The fraction of sp³-hybridized carbons (Fsp3) is 0.286. The minimum absolute atomic E-state index is 0.149. The molecule has 0 saturated carbocycles. The molecule has 7 heteroatoms. The molecule has 3 aromatic rings. The van der Waals surface area contributed by atoms with Crippen LogP contribution in [0, 0.1) is 6.92 Å². The molecule has 2 heterocycles. The van der Waals surface area contributed by atoms with Crippen LogP contribution in [0.1, 0.15) is 30.1 Å². The molecule has 0 aliphatic carbocycles. The topological polar surface area (TPSA) is 95.7 Å². The molecule has 7 nitrogen and oxygen atoms in total. The van der Waals surface area contributed by atoms with Crippen molar-refractivity contribution >= 4 is 0 Å². The van der Waals surface area contributed by atoms with Crippen LogP contribution in [0.3, 0.4) is 0 Å². The molecule has 1 atom stereocenters. The van der Waals surface area contributed by atoms with Crippen LogP contribution >= 0.6 is 0 Å². The maximum atomic E-state index is 5.75. The Morgan fingerprint density at radius 2 is 2.14 bits per heavy atom. The van der Waals surface area contributed by atoms with E-state index in [4.69, 9.17) is 10.3 Å². The van der Waals surface area contributed by atoms with Crippen LogP contribution in [0.25, 0.3) is 11.4 Å². The van der Waals surface area contributed by atoms with Gasteiger partial charge in [-0.1, -0.05) is 34.6 Å². The van der Waals surface area contributed by atoms with Gasteiger partial charge in [0.2, 0.25) is 11.7 Å². The Balaban J connectivity index is 1.80. The van der Waals surface area contributed by atoms with E-state index >= 15 is 0 Å². The number of rotatable bonds is 4. The average Bonchev–Trinajstić information content (AvgIpc) is 3.09. The second-order valence-electron chi connectivity index (χ2n) is 4.96. The first-order valence-corrected chi connectivity index (χ1v) is 6.67. The number of hydrogen-bond acceptors (Lipinski definition) is 6. The van der Waals surface area contributed by atoms with Crippen molar-refractivity contribution in [1.29, 1.82) is 0 Å². The molecule has 2 aromatic heterocycles. The summed E-state index contributed by atoms with van der Waals surface area (Å²) in [6, 6.07) is 7.75.